The maximum atomic E-state index is 12.5. The van der Waals surface area contributed by atoms with Crippen LogP contribution in [0.3, 0.4) is 0 Å². The molecule has 28 heavy (non-hydrogen) atoms. The van der Waals surface area contributed by atoms with Gasteiger partial charge < -0.3 is 14.6 Å². The highest BCUT2D eigenvalue weighted by molar-refractivity contribution is 6.04. The summed E-state index contributed by atoms with van der Waals surface area (Å²) in [5.41, 5.74) is 2.53. The van der Waals surface area contributed by atoms with Crippen molar-refractivity contribution < 1.29 is 9.53 Å². The quantitative estimate of drug-likeness (QED) is 0.672. The first-order valence-corrected chi connectivity index (χ1v) is 9.82. The Kier molecular flexibility index (Phi) is 5.42. The second-order valence-corrected chi connectivity index (χ2v) is 7.30. The molecule has 1 aliphatic carbocycles. The molecule has 0 radical (unpaired) electrons. The first kappa shape index (κ1) is 18.3. The highest BCUT2D eigenvalue weighted by Crippen LogP contribution is 2.25. The highest BCUT2D eigenvalue weighted by atomic mass is 16.5. The van der Waals surface area contributed by atoms with E-state index < -0.39 is 0 Å². The lowest BCUT2D eigenvalue weighted by atomic mass is 10.1. The van der Waals surface area contributed by atoms with Gasteiger partial charge in [0.05, 0.1) is 6.10 Å². The number of hydrogen-bond acceptors (Lipinski definition) is 3. The molecule has 3 aromatic rings. The molecule has 1 saturated carbocycles. The predicted molar refractivity (Wildman–Crippen MR) is 110 cm³/mol. The van der Waals surface area contributed by atoms with E-state index in [9.17, 15) is 4.79 Å². The molecule has 1 amide bonds. The lowest BCUT2D eigenvalue weighted by Crippen LogP contribution is -2.13. The molecule has 1 fully saturated rings. The third-order valence-corrected chi connectivity index (χ3v) is 5.21. The third kappa shape index (κ3) is 4.42. The summed E-state index contributed by atoms with van der Waals surface area (Å²) in [6.07, 6.45) is 8.85. The summed E-state index contributed by atoms with van der Waals surface area (Å²) in [6, 6.07) is 15.3. The lowest BCUT2D eigenvalue weighted by Gasteiger charge is -2.13. The fourth-order valence-corrected chi connectivity index (χ4v) is 3.55. The number of rotatable bonds is 6. The summed E-state index contributed by atoms with van der Waals surface area (Å²) in [5.74, 6) is 1.72. The van der Waals surface area contributed by atoms with Crippen molar-refractivity contribution in [3.8, 4) is 5.75 Å². The fourth-order valence-electron chi connectivity index (χ4n) is 3.55. The smallest absolute Gasteiger partial charge is 0.255 e. The van der Waals surface area contributed by atoms with Crippen molar-refractivity contribution in [3.63, 3.8) is 0 Å². The number of amides is 1. The summed E-state index contributed by atoms with van der Waals surface area (Å²) in [6.45, 7) is 2.72. The van der Waals surface area contributed by atoms with E-state index in [-0.39, 0.29) is 5.91 Å². The molecular weight excluding hydrogens is 350 g/mol. The number of imidazole rings is 1. The molecule has 1 N–H and O–H groups in total. The molecule has 5 heteroatoms. The topological polar surface area (TPSA) is 56.2 Å². The van der Waals surface area contributed by atoms with E-state index in [1.807, 2.05) is 61.7 Å². The lowest BCUT2D eigenvalue weighted by molar-refractivity contribution is 0.102. The summed E-state index contributed by atoms with van der Waals surface area (Å²) >= 11 is 0. The zero-order valence-electron chi connectivity index (χ0n) is 16.1. The fraction of sp³-hybridized carbons (Fsp3) is 0.304. The van der Waals surface area contributed by atoms with Crippen LogP contribution in [0.25, 0.3) is 0 Å². The van der Waals surface area contributed by atoms with Gasteiger partial charge in [-0.15, -0.1) is 0 Å². The van der Waals surface area contributed by atoms with Gasteiger partial charge in [-0.05, 0) is 74.6 Å². The van der Waals surface area contributed by atoms with Gasteiger partial charge in [-0.3, -0.25) is 4.79 Å². The van der Waals surface area contributed by atoms with E-state index in [1.54, 1.807) is 6.20 Å². The van der Waals surface area contributed by atoms with Crippen LogP contribution in [0.4, 0.5) is 5.69 Å². The van der Waals surface area contributed by atoms with Crippen LogP contribution in [0.5, 0.6) is 5.75 Å². The van der Waals surface area contributed by atoms with Crippen LogP contribution in [0.15, 0.2) is 60.9 Å². The van der Waals surface area contributed by atoms with Gasteiger partial charge >= 0.3 is 0 Å². The Balaban J connectivity index is 1.34. The number of carbonyl (C=O) groups excluding carboxylic acids is 1. The molecule has 4 rings (SSSR count). The van der Waals surface area contributed by atoms with E-state index in [0.717, 1.165) is 42.2 Å². The van der Waals surface area contributed by atoms with Gasteiger partial charge in [0.15, 0.2) is 0 Å². The number of hydrogen-bond donors (Lipinski definition) is 1. The van der Waals surface area contributed by atoms with Gasteiger partial charge in [0.2, 0.25) is 0 Å². The van der Waals surface area contributed by atoms with Crippen LogP contribution < -0.4 is 10.1 Å². The predicted octanol–water partition coefficient (Wildman–Crippen LogP) is 4.81. The Bertz CT molecular complexity index is 923. The molecule has 2 aromatic carbocycles. The van der Waals surface area contributed by atoms with Gasteiger partial charge in [0, 0.05) is 30.2 Å². The zero-order chi connectivity index (χ0) is 19.3. The molecule has 1 aromatic heterocycles. The van der Waals surface area contributed by atoms with Crippen molar-refractivity contribution in [1.29, 1.82) is 0 Å². The number of ether oxygens (including phenoxy) is 1. The van der Waals surface area contributed by atoms with Gasteiger partial charge in [-0.1, -0.05) is 12.1 Å². The SMILES string of the molecule is Cc1nccn1Cc1ccc(C(=O)Nc2ccc(OC3CCCC3)cc2)cc1. The van der Waals surface area contributed by atoms with Crippen molar-refractivity contribution in [2.24, 2.45) is 0 Å². The summed E-state index contributed by atoms with van der Waals surface area (Å²) in [5, 5.41) is 2.94. The summed E-state index contributed by atoms with van der Waals surface area (Å²) in [7, 11) is 0. The Morgan fingerprint density at radius 1 is 1.11 bits per heavy atom. The average Bonchev–Trinajstić information content (AvgIpc) is 3.36. The number of aromatic nitrogens is 2. The van der Waals surface area contributed by atoms with Crippen LogP contribution in [-0.4, -0.2) is 21.6 Å². The van der Waals surface area contributed by atoms with E-state index >= 15 is 0 Å². The van der Waals surface area contributed by atoms with Gasteiger partial charge in [-0.25, -0.2) is 4.98 Å². The van der Waals surface area contributed by atoms with Crippen LogP contribution >= 0.6 is 0 Å². The number of carbonyl (C=O) groups is 1. The minimum absolute atomic E-state index is 0.116. The molecular formula is C23H25N3O2. The standard InChI is InChI=1S/C23H25N3O2/c1-17-24-14-15-26(17)16-18-6-8-19(9-7-18)23(27)25-20-10-12-22(13-11-20)28-21-4-2-3-5-21/h6-15,21H,2-5,16H2,1H3,(H,25,27). The molecule has 0 saturated heterocycles. The summed E-state index contributed by atoms with van der Waals surface area (Å²) in [4.78, 5) is 16.7. The highest BCUT2D eigenvalue weighted by Gasteiger charge is 2.16. The van der Waals surface area contributed by atoms with E-state index in [4.69, 9.17) is 4.74 Å². The Labute approximate surface area is 165 Å². The van der Waals surface area contributed by atoms with Crippen molar-refractivity contribution in [2.75, 3.05) is 5.32 Å². The monoisotopic (exact) mass is 375 g/mol. The molecule has 0 bridgehead atoms. The van der Waals surface area contributed by atoms with Gasteiger partial charge in [-0.2, -0.15) is 0 Å². The number of benzene rings is 2. The number of anilines is 1. The van der Waals surface area contributed by atoms with Crippen molar-refractivity contribution in [3.05, 3.63) is 77.9 Å². The van der Waals surface area contributed by atoms with E-state index in [2.05, 4.69) is 14.9 Å². The maximum Gasteiger partial charge on any atom is 0.255 e. The van der Waals surface area contributed by atoms with Crippen molar-refractivity contribution in [1.82, 2.24) is 9.55 Å². The van der Waals surface area contributed by atoms with E-state index in [1.165, 1.54) is 12.8 Å². The molecule has 0 spiro atoms. The van der Waals surface area contributed by atoms with Gasteiger partial charge in [0.1, 0.15) is 11.6 Å². The molecule has 5 nitrogen and oxygen atoms in total. The van der Waals surface area contributed by atoms with Crippen molar-refractivity contribution >= 4 is 11.6 Å². The Morgan fingerprint density at radius 2 is 1.82 bits per heavy atom. The molecule has 1 aliphatic rings. The minimum atomic E-state index is -0.116. The molecule has 0 aliphatic heterocycles. The number of nitrogens with zero attached hydrogens (tertiary/aromatic N) is 2. The van der Waals surface area contributed by atoms with Crippen LogP contribution in [0.1, 0.15) is 47.4 Å². The Morgan fingerprint density at radius 3 is 2.46 bits per heavy atom. The largest absolute Gasteiger partial charge is 0.490 e. The van der Waals surface area contributed by atoms with E-state index in [0.29, 0.717) is 11.7 Å². The first-order valence-electron chi connectivity index (χ1n) is 9.82. The molecule has 1 heterocycles. The normalized spacial score (nSPS) is 14.2. The van der Waals surface area contributed by atoms with Crippen LogP contribution in [0, 0.1) is 6.92 Å². The average molecular weight is 375 g/mol. The second kappa shape index (κ2) is 8.30. The summed E-state index contributed by atoms with van der Waals surface area (Å²) < 4.78 is 8.04. The van der Waals surface area contributed by atoms with Gasteiger partial charge in [0.25, 0.3) is 5.91 Å². The number of nitrogens with one attached hydrogen (secondary N) is 1. The molecule has 0 unspecified atom stereocenters. The van der Waals surface area contributed by atoms with Crippen LogP contribution in [-0.2, 0) is 6.54 Å². The van der Waals surface area contributed by atoms with Crippen LogP contribution in [0.2, 0.25) is 0 Å². The Hall–Kier alpha value is -3.08. The molecule has 0 atom stereocenters. The molecule has 144 valence electrons. The maximum absolute atomic E-state index is 12.5. The minimum Gasteiger partial charge on any atom is -0.490 e. The van der Waals surface area contributed by atoms with Crippen molar-refractivity contribution in [2.45, 2.75) is 45.3 Å². The number of aryl methyl sites for hydroxylation is 1. The third-order valence-electron chi connectivity index (χ3n) is 5.21. The second-order valence-electron chi connectivity index (χ2n) is 7.30. The zero-order valence-corrected chi connectivity index (χ0v) is 16.1. The first-order chi connectivity index (χ1) is 13.7.